The van der Waals surface area contributed by atoms with Gasteiger partial charge in [-0.05, 0) is 41.9 Å². The summed E-state index contributed by atoms with van der Waals surface area (Å²) in [5, 5.41) is 2.38. The zero-order chi connectivity index (χ0) is 18.3. The van der Waals surface area contributed by atoms with Crippen LogP contribution in [-0.2, 0) is 14.4 Å². The standard InChI is InChI=1S/C20H26N2O3/c1-5-11(2)14-7-6-8-15-18(14)12(3)13(4)20(25)22(15)16-9-10-17(23)21-19(16)24/h6-8,11-13,16H,5,9-10H2,1-4H3,(H,21,23,24). The number of piperidine rings is 1. The van der Waals surface area contributed by atoms with E-state index in [4.69, 9.17) is 0 Å². The maximum absolute atomic E-state index is 13.0. The van der Waals surface area contributed by atoms with Crippen molar-refractivity contribution in [3.8, 4) is 0 Å². The van der Waals surface area contributed by atoms with Crippen LogP contribution in [0.15, 0.2) is 18.2 Å². The van der Waals surface area contributed by atoms with Crippen LogP contribution in [0.3, 0.4) is 0 Å². The van der Waals surface area contributed by atoms with Crippen molar-refractivity contribution in [3.05, 3.63) is 29.3 Å². The first-order valence-corrected chi connectivity index (χ1v) is 9.16. The fourth-order valence-electron chi connectivity index (χ4n) is 3.98. The van der Waals surface area contributed by atoms with Gasteiger partial charge >= 0.3 is 0 Å². The number of anilines is 1. The van der Waals surface area contributed by atoms with E-state index in [1.807, 2.05) is 19.1 Å². The molecule has 0 radical (unpaired) electrons. The van der Waals surface area contributed by atoms with E-state index in [1.165, 1.54) is 11.1 Å². The van der Waals surface area contributed by atoms with Crippen LogP contribution in [0.5, 0.6) is 0 Å². The summed E-state index contributed by atoms with van der Waals surface area (Å²) in [5.74, 6) is -0.357. The number of amides is 3. The van der Waals surface area contributed by atoms with Crippen molar-refractivity contribution in [2.24, 2.45) is 5.92 Å². The first-order chi connectivity index (χ1) is 11.9. The summed E-state index contributed by atoms with van der Waals surface area (Å²) in [6.07, 6.45) is 1.67. The topological polar surface area (TPSA) is 66.5 Å². The molecule has 1 saturated heterocycles. The van der Waals surface area contributed by atoms with Crippen molar-refractivity contribution in [2.45, 2.75) is 64.8 Å². The van der Waals surface area contributed by atoms with Crippen LogP contribution in [-0.4, -0.2) is 23.8 Å². The third-order valence-corrected chi connectivity index (χ3v) is 5.87. The van der Waals surface area contributed by atoms with Gasteiger partial charge in [-0.1, -0.05) is 39.8 Å². The van der Waals surface area contributed by atoms with Crippen molar-refractivity contribution in [1.29, 1.82) is 0 Å². The smallest absolute Gasteiger partial charge is 0.249 e. The van der Waals surface area contributed by atoms with Crippen molar-refractivity contribution in [2.75, 3.05) is 4.90 Å². The fraction of sp³-hybridized carbons (Fsp3) is 0.550. The first kappa shape index (κ1) is 17.6. The lowest BCUT2D eigenvalue weighted by molar-refractivity contribution is -0.136. The molecule has 134 valence electrons. The second kappa shape index (κ2) is 6.62. The molecule has 1 fully saturated rings. The van der Waals surface area contributed by atoms with Gasteiger partial charge in [-0.25, -0.2) is 0 Å². The molecule has 2 heterocycles. The highest BCUT2D eigenvalue weighted by atomic mass is 16.2. The molecule has 4 atom stereocenters. The Morgan fingerprint density at radius 1 is 1.20 bits per heavy atom. The summed E-state index contributed by atoms with van der Waals surface area (Å²) < 4.78 is 0. The van der Waals surface area contributed by atoms with E-state index in [1.54, 1.807) is 4.90 Å². The summed E-state index contributed by atoms with van der Waals surface area (Å²) in [7, 11) is 0. The molecule has 0 aliphatic carbocycles. The number of imide groups is 1. The normalized spacial score (nSPS) is 27.8. The van der Waals surface area contributed by atoms with Crippen LogP contribution in [0.1, 0.15) is 69.9 Å². The average molecular weight is 342 g/mol. The number of hydrogen-bond donors (Lipinski definition) is 1. The Morgan fingerprint density at radius 3 is 2.56 bits per heavy atom. The number of fused-ring (bicyclic) bond motifs is 1. The van der Waals surface area contributed by atoms with E-state index in [0.29, 0.717) is 12.3 Å². The molecule has 1 aromatic carbocycles. The monoisotopic (exact) mass is 342 g/mol. The van der Waals surface area contributed by atoms with E-state index < -0.39 is 6.04 Å². The van der Waals surface area contributed by atoms with Crippen molar-refractivity contribution < 1.29 is 14.4 Å². The Hall–Kier alpha value is -2.17. The Labute approximate surface area is 148 Å². The highest BCUT2D eigenvalue weighted by Crippen LogP contribution is 2.44. The lowest BCUT2D eigenvalue weighted by Crippen LogP contribution is -2.57. The zero-order valence-electron chi connectivity index (χ0n) is 15.3. The van der Waals surface area contributed by atoms with Gasteiger partial charge in [0.1, 0.15) is 6.04 Å². The Balaban J connectivity index is 2.12. The summed E-state index contributed by atoms with van der Waals surface area (Å²) in [4.78, 5) is 38.6. The van der Waals surface area contributed by atoms with Gasteiger partial charge in [0.05, 0.1) is 0 Å². The molecule has 0 spiro atoms. The van der Waals surface area contributed by atoms with Crippen molar-refractivity contribution in [1.82, 2.24) is 5.32 Å². The van der Waals surface area contributed by atoms with Crippen LogP contribution < -0.4 is 10.2 Å². The molecule has 5 nitrogen and oxygen atoms in total. The molecule has 25 heavy (non-hydrogen) atoms. The molecule has 0 bridgehead atoms. The van der Waals surface area contributed by atoms with Gasteiger partial charge in [0.25, 0.3) is 0 Å². The number of benzene rings is 1. The van der Waals surface area contributed by atoms with Gasteiger partial charge in [-0.2, -0.15) is 0 Å². The lowest BCUT2D eigenvalue weighted by atomic mass is 9.77. The molecule has 0 saturated carbocycles. The molecule has 2 aliphatic heterocycles. The second-order valence-corrected chi connectivity index (χ2v) is 7.34. The number of carbonyl (C=O) groups is 3. The minimum atomic E-state index is -0.605. The van der Waals surface area contributed by atoms with Gasteiger partial charge in [-0.3, -0.25) is 24.6 Å². The summed E-state index contributed by atoms with van der Waals surface area (Å²) in [6, 6.07) is 5.43. The number of nitrogens with zero attached hydrogens (tertiary/aromatic N) is 1. The van der Waals surface area contributed by atoms with E-state index in [9.17, 15) is 14.4 Å². The summed E-state index contributed by atoms with van der Waals surface area (Å²) in [6.45, 7) is 8.38. The predicted molar refractivity (Wildman–Crippen MR) is 96.4 cm³/mol. The molecule has 3 amide bonds. The molecule has 4 unspecified atom stereocenters. The van der Waals surface area contributed by atoms with Gasteiger partial charge in [0, 0.05) is 18.0 Å². The lowest BCUT2D eigenvalue weighted by Gasteiger charge is -2.42. The Kier molecular flexibility index (Phi) is 4.67. The maximum atomic E-state index is 13.0. The third-order valence-electron chi connectivity index (χ3n) is 5.87. The quantitative estimate of drug-likeness (QED) is 0.859. The minimum Gasteiger partial charge on any atom is -0.299 e. The van der Waals surface area contributed by atoms with Crippen LogP contribution in [0.2, 0.25) is 0 Å². The Bertz CT molecular complexity index is 728. The second-order valence-electron chi connectivity index (χ2n) is 7.34. The number of hydrogen-bond acceptors (Lipinski definition) is 3. The zero-order valence-corrected chi connectivity index (χ0v) is 15.3. The van der Waals surface area contributed by atoms with Crippen LogP contribution >= 0.6 is 0 Å². The highest BCUT2D eigenvalue weighted by Gasteiger charge is 2.43. The minimum absolute atomic E-state index is 0.0317. The largest absolute Gasteiger partial charge is 0.299 e. The van der Waals surface area contributed by atoms with E-state index in [0.717, 1.165) is 12.1 Å². The molecule has 2 aliphatic rings. The highest BCUT2D eigenvalue weighted by molar-refractivity contribution is 6.09. The first-order valence-electron chi connectivity index (χ1n) is 9.16. The maximum Gasteiger partial charge on any atom is 0.249 e. The van der Waals surface area contributed by atoms with Gasteiger partial charge in [-0.15, -0.1) is 0 Å². The van der Waals surface area contributed by atoms with Crippen LogP contribution in [0, 0.1) is 5.92 Å². The Morgan fingerprint density at radius 2 is 1.92 bits per heavy atom. The van der Waals surface area contributed by atoms with E-state index in [-0.39, 0.29) is 36.0 Å². The molecule has 1 aromatic rings. The van der Waals surface area contributed by atoms with Gasteiger partial charge in [0.2, 0.25) is 17.7 Å². The van der Waals surface area contributed by atoms with Gasteiger partial charge in [0.15, 0.2) is 0 Å². The summed E-state index contributed by atoms with van der Waals surface area (Å²) in [5.41, 5.74) is 3.26. The molecule has 1 N–H and O–H groups in total. The van der Waals surface area contributed by atoms with E-state index in [2.05, 4.69) is 32.2 Å². The van der Waals surface area contributed by atoms with Crippen molar-refractivity contribution >= 4 is 23.4 Å². The SMILES string of the molecule is CCC(C)c1cccc2c1C(C)C(C)C(=O)N2C1CCC(=O)NC1=O. The molecular weight excluding hydrogens is 316 g/mol. The van der Waals surface area contributed by atoms with Crippen molar-refractivity contribution in [3.63, 3.8) is 0 Å². The van der Waals surface area contributed by atoms with E-state index >= 15 is 0 Å². The predicted octanol–water partition coefficient (Wildman–Crippen LogP) is 3.09. The summed E-state index contributed by atoms with van der Waals surface area (Å²) >= 11 is 0. The van der Waals surface area contributed by atoms with Crippen LogP contribution in [0.25, 0.3) is 0 Å². The van der Waals surface area contributed by atoms with Crippen LogP contribution in [0.4, 0.5) is 5.69 Å². The number of carbonyl (C=O) groups excluding carboxylic acids is 3. The molecular formula is C20H26N2O3. The number of nitrogens with one attached hydrogen (secondary N) is 1. The molecule has 5 heteroatoms. The average Bonchev–Trinajstić information content (AvgIpc) is 2.60. The number of rotatable bonds is 3. The van der Waals surface area contributed by atoms with Gasteiger partial charge < -0.3 is 0 Å². The third kappa shape index (κ3) is 2.86. The molecule has 0 aromatic heterocycles. The fourth-order valence-corrected chi connectivity index (χ4v) is 3.98. The molecule has 3 rings (SSSR count).